The maximum atomic E-state index is 13.1. The Kier molecular flexibility index (Phi) is 6.13. The topological polar surface area (TPSA) is 55.1 Å². The molecule has 0 radical (unpaired) electrons. The monoisotopic (exact) mass is 260 g/mol. The molecule has 3 nitrogen and oxygen atoms in total. The van der Waals surface area contributed by atoms with Gasteiger partial charge in [0.05, 0.1) is 6.04 Å². The Morgan fingerprint density at radius 1 is 1.35 bits per heavy atom. The molecule has 17 heavy (non-hydrogen) atoms. The van der Waals surface area contributed by atoms with E-state index in [4.69, 9.17) is 5.73 Å². The Balaban J connectivity index is 0.00000256. The first-order valence-corrected chi connectivity index (χ1v) is 5.24. The summed E-state index contributed by atoms with van der Waals surface area (Å²) in [6, 6.07) is 3.80. The van der Waals surface area contributed by atoms with Gasteiger partial charge in [0.25, 0.3) is 0 Å². The van der Waals surface area contributed by atoms with Crippen molar-refractivity contribution in [2.24, 2.45) is 11.7 Å². The van der Waals surface area contributed by atoms with Crippen molar-refractivity contribution in [3.05, 3.63) is 29.6 Å². The lowest BCUT2D eigenvalue weighted by molar-refractivity contribution is -0.118. The second kappa shape index (κ2) is 6.57. The van der Waals surface area contributed by atoms with Crippen LogP contribution >= 0.6 is 12.4 Å². The number of amides is 1. The molecule has 0 bridgehead atoms. The normalized spacial score (nSPS) is 11.9. The van der Waals surface area contributed by atoms with Gasteiger partial charge < -0.3 is 11.1 Å². The maximum absolute atomic E-state index is 13.1. The van der Waals surface area contributed by atoms with E-state index in [-0.39, 0.29) is 30.0 Å². The Morgan fingerprint density at radius 2 is 1.94 bits per heavy atom. The highest BCUT2D eigenvalue weighted by Crippen LogP contribution is 2.14. The molecule has 0 unspecified atom stereocenters. The zero-order valence-corrected chi connectivity index (χ0v) is 11.0. The van der Waals surface area contributed by atoms with E-state index < -0.39 is 6.04 Å². The molecule has 96 valence electrons. The van der Waals surface area contributed by atoms with Gasteiger partial charge in [0.2, 0.25) is 5.91 Å². The number of hydrogen-bond donors (Lipinski definition) is 2. The van der Waals surface area contributed by atoms with E-state index in [1.807, 2.05) is 13.8 Å². The largest absolute Gasteiger partial charge is 0.325 e. The maximum Gasteiger partial charge on any atom is 0.241 e. The number of carbonyl (C=O) groups excluding carboxylic acids is 1. The van der Waals surface area contributed by atoms with E-state index in [9.17, 15) is 9.18 Å². The summed E-state index contributed by atoms with van der Waals surface area (Å²) < 4.78 is 13.1. The van der Waals surface area contributed by atoms with Crippen molar-refractivity contribution in [3.63, 3.8) is 0 Å². The van der Waals surface area contributed by atoms with Crippen LogP contribution in [0.5, 0.6) is 0 Å². The van der Waals surface area contributed by atoms with Gasteiger partial charge in [-0.2, -0.15) is 0 Å². The molecule has 1 aromatic rings. The number of anilines is 1. The van der Waals surface area contributed by atoms with Crippen molar-refractivity contribution in [1.82, 2.24) is 0 Å². The van der Waals surface area contributed by atoms with Crippen molar-refractivity contribution in [3.8, 4) is 0 Å². The molecular formula is C12H18ClFN2O. The molecule has 0 saturated carbocycles. The van der Waals surface area contributed by atoms with E-state index in [2.05, 4.69) is 5.32 Å². The minimum absolute atomic E-state index is 0. The van der Waals surface area contributed by atoms with Crippen molar-refractivity contribution >= 4 is 24.0 Å². The molecule has 0 aliphatic heterocycles. The van der Waals surface area contributed by atoms with Crippen molar-refractivity contribution in [1.29, 1.82) is 0 Å². The van der Waals surface area contributed by atoms with Crippen LogP contribution in [0, 0.1) is 18.7 Å². The molecule has 1 amide bonds. The van der Waals surface area contributed by atoms with Gasteiger partial charge in [-0.1, -0.05) is 13.8 Å². The van der Waals surface area contributed by atoms with Crippen LogP contribution in [0.25, 0.3) is 0 Å². The number of hydrogen-bond acceptors (Lipinski definition) is 2. The fourth-order valence-electron chi connectivity index (χ4n) is 1.34. The van der Waals surface area contributed by atoms with E-state index in [1.54, 1.807) is 13.0 Å². The predicted octanol–water partition coefficient (Wildman–Crippen LogP) is 2.48. The van der Waals surface area contributed by atoms with E-state index >= 15 is 0 Å². The highest BCUT2D eigenvalue weighted by molar-refractivity contribution is 5.94. The molecule has 0 spiro atoms. The number of nitrogens with two attached hydrogens (primary N) is 1. The summed E-state index contributed by atoms with van der Waals surface area (Å²) in [6.07, 6.45) is 0. The van der Waals surface area contributed by atoms with Gasteiger partial charge in [-0.25, -0.2) is 4.39 Å². The minimum atomic E-state index is -0.580. The summed E-state index contributed by atoms with van der Waals surface area (Å²) in [5.41, 5.74) is 6.88. The van der Waals surface area contributed by atoms with Crippen molar-refractivity contribution < 1.29 is 9.18 Å². The van der Waals surface area contributed by atoms with Gasteiger partial charge in [0, 0.05) is 5.69 Å². The quantitative estimate of drug-likeness (QED) is 0.877. The lowest BCUT2D eigenvalue weighted by Gasteiger charge is -2.15. The first-order valence-electron chi connectivity index (χ1n) is 5.24. The van der Waals surface area contributed by atoms with Gasteiger partial charge >= 0.3 is 0 Å². The molecule has 0 heterocycles. The van der Waals surface area contributed by atoms with Crippen LogP contribution in [-0.2, 0) is 4.79 Å². The van der Waals surface area contributed by atoms with Crippen LogP contribution in [0.1, 0.15) is 19.4 Å². The van der Waals surface area contributed by atoms with Crippen LogP contribution in [0.15, 0.2) is 18.2 Å². The molecule has 1 aromatic carbocycles. The lowest BCUT2D eigenvalue weighted by atomic mass is 10.0. The Bertz CT molecular complexity index is 376. The minimum Gasteiger partial charge on any atom is -0.325 e. The first-order chi connectivity index (χ1) is 7.40. The third-order valence-corrected chi connectivity index (χ3v) is 2.33. The molecule has 0 aliphatic rings. The molecular weight excluding hydrogens is 243 g/mol. The summed E-state index contributed by atoms with van der Waals surface area (Å²) >= 11 is 0. The zero-order valence-electron chi connectivity index (χ0n) is 10.2. The Morgan fingerprint density at radius 3 is 2.41 bits per heavy atom. The highest BCUT2D eigenvalue weighted by atomic mass is 35.5. The summed E-state index contributed by atoms with van der Waals surface area (Å²) in [6.45, 7) is 5.49. The smallest absolute Gasteiger partial charge is 0.241 e. The second-order valence-corrected chi connectivity index (χ2v) is 4.28. The van der Waals surface area contributed by atoms with Gasteiger partial charge in [0.1, 0.15) is 5.82 Å². The average molecular weight is 261 g/mol. The fraction of sp³-hybridized carbons (Fsp3) is 0.417. The van der Waals surface area contributed by atoms with Gasteiger partial charge in [0.15, 0.2) is 0 Å². The molecule has 5 heteroatoms. The third-order valence-electron chi connectivity index (χ3n) is 2.33. The van der Waals surface area contributed by atoms with Crippen LogP contribution in [0.2, 0.25) is 0 Å². The van der Waals surface area contributed by atoms with E-state index in [0.717, 1.165) is 5.56 Å². The van der Waals surface area contributed by atoms with E-state index in [1.165, 1.54) is 12.1 Å². The van der Waals surface area contributed by atoms with Gasteiger partial charge in [-0.3, -0.25) is 4.79 Å². The summed E-state index contributed by atoms with van der Waals surface area (Å²) in [5, 5.41) is 2.60. The number of carbonyl (C=O) groups is 1. The number of halogens is 2. The molecule has 0 saturated heterocycles. The molecule has 1 atom stereocenters. The van der Waals surface area contributed by atoms with Crippen LogP contribution in [0.3, 0.4) is 0 Å². The Hall–Kier alpha value is -1.13. The fourth-order valence-corrected chi connectivity index (χ4v) is 1.34. The second-order valence-electron chi connectivity index (χ2n) is 4.28. The summed E-state index contributed by atoms with van der Waals surface area (Å²) in [7, 11) is 0. The molecule has 1 rings (SSSR count). The Labute approximate surface area is 107 Å². The van der Waals surface area contributed by atoms with Gasteiger partial charge in [-0.05, 0) is 36.6 Å². The van der Waals surface area contributed by atoms with Crippen molar-refractivity contribution in [2.75, 3.05) is 5.32 Å². The molecule has 0 aromatic heterocycles. The van der Waals surface area contributed by atoms with Crippen LogP contribution < -0.4 is 11.1 Å². The summed E-state index contributed by atoms with van der Waals surface area (Å²) in [4.78, 5) is 11.6. The number of nitrogens with one attached hydrogen (secondary N) is 1. The lowest BCUT2D eigenvalue weighted by Crippen LogP contribution is -2.39. The highest BCUT2D eigenvalue weighted by Gasteiger charge is 2.17. The number of aryl methyl sites for hydroxylation is 1. The number of benzene rings is 1. The average Bonchev–Trinajstić information content (AvgIpc) is 2.14. The summed E-state index contributed by atoms with van der Waals surface area (Å²) in [5.74, 6) is -0.608. The van der Waals surface area contributed by atoms with Crippen LogP contribution in [0.4, 0.5) is 10.1 Å². The van der Waals surface area contributed by atoms with Crippen LogP contribution in [-0.4, -0.2) is 11.9 Å². The first kappa shape index (κ1) is 15.9. The standard InChI is InChI=1S/C12H17FN2O.ClH/c1-7(2)11(14)12(16)15-10-5-8(3)4-9(13)6-10;/h4-7,11H,14H2,1-3H3,(H,15,16);1H/t11-;/m1./s1. The van der Waals surface area contributed by atoms with E-state index in [0.29, 0.717) is 5.69 Å². The number of rotatable bonds is 3. The molecule has 0 aliphatic carbocycles. The third kappa shape index (κ3) is 4.71. The molecule has 0 fully saturated rings. The van der Waals surface area contributed by atoms with Crippen molar-refractivity contribution in [2.45, 2.75) is 26.8 Å². The molecule has 3 N–H and O–H groups in total. The van der Waals surface area contributed by atoms with Gasteiger partial charge in [-0.15, -0.1) is 12.4 Å². The zero-order chi connectivity index (χ0) is 12.3. The SMILES string of the molecule is Cc1cc(F)cc(NC(=O)[C@H](N)C(C)C)c1.Cl. The predicted molar refractivity (Wildman–Crippen MR) is 69.8 cm³/mol.